The van der Waals surface area contributed by atoms with E-state index < -0.39 is 5.79 Å². The molecule has 0 saturated heterocycles. The predicted octanol–water partition coefficient (Wildman–Crippen LogP) is 8.26. The zero-order valence-electron chi connectivity index (χ0n) is 21.7. The fraction of sp³-hybridized carbons (Fsp3) is 0.182. The number of alkyl halides is 1. The van der Waals surface area contributed by atoms with Gasteiger partial charge in [-0.05, 0) is 47.8 Å². The van der Waals surface area contributed by atoms with Crippen LogP contribution in [-0.4, -0.2) is 17.4 Å². The van der Waals surface area contributed by atoms with Crippen LogP contribution in [-0.2, 0) is 5.79 Å². The van der Waals surface area contributed by atoms with Gasteiger partial charge < -0.3 is 0 Å². The van der Waals surface area contributed by atoms with Crippen molar-refractivity contribution in [3.63, 3.8) is 0 Å². The number of imidazole rings is 1. The maximum absolute atomic E-state index is 15.3. The van der Waals surface area contributed by atoms with Gasteiger partial charge in [-0.1, -0.05) is 116 Å². The average Bonchev–Trinajstić information content (AvgIpc) is 3.42. The molecule has 1 aromatic heterocycles. The lowest BCUT2D eigenvalue weighted by molar-refractivity contribution is 0.0861. The first-order valence-electron chi connectivity index (χ1n) is 12.6. The Hall–Kier alpha value is -3.92. The minimum atomic E-state index is -1.56. The van der Waals surface area contributed by atoms with Crippen LogP contribution in [0.25, 0.3) is 17.0 Å². The van der Waals surface area contributed by atoms with Gasteiger partial charge in [-0.15, -0.1) is 0 Å². The summed E-state index contributed by atoms with van der Waals surface area (Å²) in [7, 11) is 5.73. The standard InChI is InChI=1S/C17H17B.C16H15FN2/c1-13-7-3-5-9-15(13)17(11-12-18)16-10-6-4-8-14(16)2;1-13-7-5-6-10-16(13,17)19-12-11-18-15(19)14-8-3-2-4-9-14/h3-11H,12H2,1-2H3;2-13H,1H3. The zero-order chi connectivity index (χ0) is 26.3. The van der Waals surface area contributed by atoms with E-state index in [1.54, 1.807) is 29.1 Å². The Labute approximate surface area is 221 Å². The Morgan fingerprint density at radius 2 is 1.51 bits per heavy atom. The topological polar surface area (TPSA) is 17.8 Å². The molecule has 0 aliphatic heterocycles. The maximum atomic E-state index is 15.3. The highest BCUT2D eigenvalue weighted by Gasteiger charge is 2.37. The van der Waals surface area contributed by atoms with E-state index >= 15 is 4.39 Å². The highest BCUT2D eigenvalue weighted by Crippen LogP contribution is 2.36. The maximum Gasteiger partial charge on any atom is 0.212 e. The number of benzene rings is 3. The third kappa shape index (κ3) is 5.75. The van der Waals surface area contributed by atoms with Crippen molar-refractivity contribution in [3.05, 3.63) is 144 Å². The number of aromatic nitrogens is 2. The number of halogens is 1. The molecule has 0 spiro atoms. The van der Waals surface area contributed by atoms with Crippen molar-refractivity contribution in [2.45, 2.75) is 32.9 Å². The molecule has 5 rings (SSSR count). The molecule has 0 amide bonds. The molecule has 2 unspecified atom stereocenters. The van der Waals surface area contributed by atoms with Gasteiger partial charge in [-0.3, -0.25) is 4.57 Å². The molecule has 2 radical (unpaired) electrons. The van der Waals surface area contributed by atoms with Crippen LogP contribution in [0.1, 0.15) is 29.2 Å². The number of nitrogens with zero attached hydrogens (tertiary/aromatic N) is 2. The van der Waals surface area contributed by atoms with Gasteiger partial charge in [-0.25, -0.2) is 9.37 Å². The largest absolute Gasteiger partial charge is 0.294 e. The minimum absolute atomic E-state index is 0.228. The lowest BCUT2D eigenvalue weighted by Gasteiger charge is -2.31. The summed E-state index contributed by atoms with van der Waals surface area (Å²) >= 11 is 0. The van der Waals surface area contributed by atoms with Crippen molar-refractivity contribution in [1.82, 2.24) is 9.55 Å². The molecular weight excluding hydrogens is 454 g/mol. The van der Waals surface area contributed by atoms with Gasteiger partial charge in [0.15, 0.2) is 0 Å². The van der Waals surface area contributed by atoms with Crippen molar-refractivity contribution < 1.29 is 4.39 Å². The first-order valence-corrected chi connectivity index (χ1v) is 12.6. The van der Waals surface area contributed by atoms with Gasteiger partial charge in [-0.2, -0.15) is 0 Å². The van der Waals surface area contributed by atoms with Crippen LogP contribution in [0.3, 0.4) is 0 Å². The van der Waals surface area contributed by atoms with Crippen LogP contribution >= 0.6 is 0 Å². The summed E-state index contributed by atoms with van der Waals surface area (Å²) in [5.74, 6) is -1.14. The molecule has 4 aromatic rings. The Balaban J connectivity index is 0.000000173. The summed E-state index contributed by atoms with van der Waals surface area (Å²) < 4.78 is 16.9. The van der Waals surface area contributed by atoms with E-state index in [0.717, 1.165) is 5.56 Å². The van der Waals surface area contributed by atoms with Crippen LogP contribution in [0.2, 0.25) is 6.32 Å². The quantitative estimate of drug-likeness (QED) is 0.260. The highest BCUT2D eigenvalue weighted by molar-refractivity contribution is 6.10. The fourth-order valence-electron chi connectivity index (χ4n) is 4.62. The van der Waals surface area contributed by atoms with E-state index in [1.165, 1.54) is 27.8 Å². The van der Waals surface area contributed by atoms with Crippen molar-refractivity contribution >= 4 is 13.4 Å². The van der Waals surface area contributed by atoms with E-state index in [-0.39, 0.29) is 5.92 Å². The SMILES string of the molecule is CC1C=CC=CC1(F)n1ccnc1-c1ccccc1.[B]CC=C(c1ccccc1C)c1ccccc1C. The fourth-order valence-corrected chi connectivity index (χ4v) is 4.62. The monoisotopic (exact) mass is 486 g/mol. The van der Waals surface area contributed by atoms with E-state index in [1.807, 2.05) is 49.4 Å². The smallest absolute Gasteiger partial charge is 0.212 e. The Bertz CT molecular complexity index is 1370. The number of allylic oxidation sites excluding steroid dienone is 5. The molecule has 37 heavy (non-hydrogen) atoms. The summed E-state index contributed by atoms with van der Waals surface area (Å²) in [5, 5.41) is 0. The van der Waals surface area contributed by atoms with Gasteiger partial charge in [0.2, 0.25) is 5.79 Å². The molecular formula is C33H32BFN2. The van der Waals surface area contributed by atoms with Gasteiger partial charge in [0.1, 0.15) is 5.82 Å². The molecule has 0 saturated carbocycles. The number of hydrogen-bond acceptors (Lipinski definition) is 1. The lowest BCUT2D eigenvalue weighted by atomic mass is 9.89. The first kappa shape index (κ1) is 26.2. The second kappa shape index (κ2) is 11.9. The van der Waals surface area contributed by atoms with Crippen molar-refractivity contribution in [2.75, 3.05) is 0 Å². The molecule has 3 aromatic carbocycles. The molecule has 4 heteroatoms. The molecule has 0 N–H and O–H groups in total. The summed E-state index contributed by atoms with van der Waals surface area (Å²) in [6, 6.07) is 26.5. The third-order valence-electron chi connectivity index (χ3n) is 6.71. The third-order valence-corrected chi connectivity index (χ3v) is 6.71. The minimum Gasteiger partial charge on any atom is -0.294 e. The summed E-state index contributed by atoms with van der Waals surface area (Å²) in [4.78, 5) is 4.31. The predicted molar refractivity (Wildman–Crippen MR) is 154 cm³/mol. The van der Waals surface area contributed by atoms with E-state index in [2.05, 4.69) is 73.4 Å². The van der Waals surface area contributed by atoms with Crippen molar-refractivity contribution in [1.29, 1.82) is 0 Å². The van der Waals surface area contributed by atoms with E-state index in [4.69, 9.17) is 7.85 Å². The van der Waals surface area contributed by atoms with Crippen LogP contribution < -0.4 is 0 Å². The van der Waals surface area contributed by atoms with Crippen molar-refractivity contribution in [3.8, 4) is 11.4 Å². The molecule has 2 nitrogen and oxygen atoms in total. The number of aryl methyl sites for hydroxylation is 2. The molecule has 1 heterocycles. The molecule has 0 bridgehead atoms. The zero-order valence-corrected chi connectivity index (χ0v) is 21.7. The summed E-state index contributed by atoms with van der Waals surface area (Å²) in [5.41, 5.74) is 7.23. The Kier molecular flexibility index (Phi) is 8.40. The number of rotatable bonds is 5. The van der Waals surface area contributed by atoms with Gasteiger partial charge in [0.25, 0.3) is 0 Å². The lowest BCUT2D eigenvalue weighted by Crippen LogP contribution is -2.33. The Morgan fingerprint density at radius 1 is 0.919 bits per heavy atom. The molecule has 1 aliphatic carbocycles. The average molecular weight is 486 g/mol. The first-order chi connectivity index (χ1) is 18.0. The Morgan fingerprint density at radius 3 is 2.08 bits per heavy atom. The van der Waals surface area contributed by atoms with Crippen LogP contribution in [0, 0.1) is 19.8 Å². The highest BCUT2D eigenvalue weighted by atomic mass is 19.1. The second-order valence-electron chi connectivity index (χ2n) is 9.23. The number of hydrogen-bond donors (Lipinski definition) is 0. The summed E-state index contributed by atoms with van der Waals surface area (Å²) in [6.07, 6.45) is 13.1. The van der Waals surface area contributed by atoms with Crippen LogP contribution in [0.15, 0.2) is 122 Å². The second-order valence-corrected chi connectivity index (χ2v) is 9.23. The normalized spacial score (nSPS) is 18.1. The van der Waals surface area contributed by atoms with Crippen molar-refractivity contribution in [2.24, 2.45) is 5.92 Å². The van der Waals surface area contributed by atoms with Crippen LogP contribution in [0.5, 0.6) is 0 Å². The van der Waals surface area contributed by atoms with Gasteiger partial charge >= 0.3 is 0 Å². The van der Waals surface area contributed by atoms with Gasteiger partial charge in [0, 0.05) is 23.9 Å². The molecule has 2 atom stereocenters. The van der Waals surface area contributed by atoms with Crippen LogP contribution in [0.4, 0.5) is 4.39 Å². The molecule has 0 fully saturated rings. The van der Waals surface area contributed by atoms with E-state index in [0.29, 0.717) is 12.1 Å². The van der Waals surface area contributed by atoms with E-state index in [9.17, 15) is 0 Å². The molecule has 184 valence electrons. The van der Waals surface area contributed by atoms with Gasteiger partial charge in [0.05, 0.1) is 7.85 Å². The summed E-state index contributed by atoms with van der Waals surface area (Å²) in [6.45, 7) is 6.14. The molecule has 1 aliphatic rings.